The molecule has 10 heteroatoms. The summed E-state index contributed by atoms with van der Waals surface area (Å²) in [6.07, 6.45) is 4.23. The van der Waals surface area contributed by atoms with Crippen molar-refractivity contribution in [1.29, 1.82) is 0 Å². The number of nitrogens with one attached hydrogen (secondary N) is 1. The number of likely N-dealkylation sites (tertiary alicyclic amines) is 2. The maximum Gasteiger partial charge on any atom is 0.254 e. The van der Waals surface area contributed by atoms with E-state index in [2.05, 4.69) is 15.4 Å². The lowest BCUT2D eigenvalue weighted by atomic mass is 10.0. The number of carbonyl (C=O) groups is 2. The molecule has 10 nitrogen and oxygen atoms in total. The average molecular weight is 517 g/mol. The molecule has 7 rings (SSSR count). The van der Waals surface area contributed by atoms with Crippen LogP contribution < -0.4 is 4.74 Å². The minimum absolute atomic E-state index is 0.0108. The first-order valence-corrected chi connectivity index (χ1v) is 13.7. The molecule has 1 N–H and O–H groups in total. The van der Waals surface area contributed by atoms with Crippen LogP contribution in [0.5, 0.6) is 5.88 Å². The van der Waals surface area contributed by atoms with Crippen molar-refractivity contribution in [3.8, 4) is 5.88 Å². The zero-order valence-corrected chi connectivity index (χ0v) is 21.3. The molecule has 2 unspecified atom stereocenters. The highest BCUT2D eigenvalue weighted by atomic mass is 16.5. The number of rotatable bonds is 6. The Morgan fingerprint density at radius 2 is 1.55 bits per heavy atom. The highest BCUT2D eigenvalue weighted by molar-refractivity contribution is 5.97. The summed E-state index contributed by atoms with van der Waals surface area (Å²) >= 11 is 0. The number of ether oxygens (including phenoxy) is 2. The normalized spacial score (nSPS) is 23.7. The Bertz CT molecular complexity index is 1350. The Labute approximate surface area is 220 Å². The van der Waals surface area contributed by atoms with Crippen LogP contribution in [0.4, 0.5) is 0 Å². The molecule has 2 aromatic heterocycles. The van der Waals surface area contributed by atoms with Crippen LogP contribution >= 0.6 is 0 Å². The van der Waals surface area contributed by atoms with Gasteiger partial charge in [-0.05, 0) is 55.9 Å². The van der Waals surface area contributed by atoms with Crippen molar-refractivity contribution in [3.63, 3.8) is 0 Å². The van der Waals surface area contributed by atoms with Crippen LogP contribution in [0.3, 0.4) is 0 Å². The van der Waals surface area contributed by atoms with Crippen LogP contribution in [0.25, 0.3) is 11.0 Å². The number of hydrogen-bond donors (Lipinski definition) is 1. The summed E-state index contributed by atoms with van der Waals surface area (Å²) in [7, 11) is 0. The van der Waals surface area contributed by atoms with E-state index < -0.39 is 0 Å². The Morgan fingerprint density at radius 3 is 2.26 bits per heavy atom. The van der Waals surface area contributed by atoms with Crippen molar-refractivity contribution < 1.29 is 19.1 Å². The van der Waals surface area contributed by atoms with Gasteiger partial charge in [-0.15, -0.1) is 0 Å². The maximum absolute atomic E-state index is 13.6. The fourth-order valence-electron chi connectivity index (χ4n) is 6.09. The minimum Gasteiger partial charge on any atom is -0.477 e. The van der Waals surface area contributed by atoms with Gasteiger partial charge in [-0.1, -0.05) is 0 Å². The summed E-state index contributed by atoms with van der Waals surface area (Å²) in [5.74, 6) is 2.08. The molecule has 5 heterocycles. The van der Waals surface area contributed by atoms with E-state index in [0.717, 1.165) is 50.1 Å². The average Bonchev–Trinajstić information content (AvgIpc) is 3.37. The van der Waals surface area contributed by atoms with E-state index in [9.17, 15) is 9.59 Å². The van der Waals surface area contributed by atoms with Gasteiger partial charge in [0.1, 0.15) is 11.0 Å². The number of fused-ring (bicyclic) bond motifs is 2. The number of amides is 2. The molecule has 4 fully saturated rings. The molecule has 1 saturated carbocycles. The number of pyridine rings is 1. The molecule has 38 heavy (non-hydrogen) atoms. The molecule has 198 valence electrons. The van der Waals surface area contributed by atoms with Gasteiger partial charge >= 0.3 is 0 Å². The van der Waals surface area contributed by atoms with Crippen molar-refractivity contribution in [2.45, 2.75) is 31.6 Å². The first-order chi connectivity index (χ1) is 18.6. The zero-order valence-electron chi connectivity index (χ0n) is 21.3. The Hall–Kier alpha value is -3.53. The van der Waals surface area contributed by atoms with Gasteiger partial charge in [-0.25, -0.2) is 4.98 Å². The van der Waals surface area contributed by atoms with E-state index >= 15 is 0 Å². The van der Waals surface area contributed by atoms with Crippen molar-refractivity contribution in [1.82, 2.24) is 30.2 Å². The molecule has 0 radical (unpaired) electrons. The summed E-state index contributed by atoms with van der Waals surface area (Å²) in [5.41, 5.74) is 3.69. The fourth-order valence-corrected chi connectivity index (χ4v) is 6.09. The highest BCUT2D eigenvalue weighted by Gasteiger charge is 2.43. The minimum atomic E-state index is 0.0108. The van der Waals surface area contributed by atoms with Crippen molar-refractivity contribution in [2.24, 2.45) is 17.8 Å². The summed E-state index contributed by atoms with van der Waals surface area (Å²) in [4.78, 5) is 35.4. The number of carbonyl (C=O) groups excluding carboxylic acids is 2. The highest BCUT2D eigenvalue weighted by Crippen LogP contribution is 2.40. The van der Waals surface area contributed by atoms with Crippen LogP contribution in [0.1, 0.15) is 58.0 Å². The number of aromatic amines is 1. The Morgan fingerprint density at radius 1 is 0.868 bits per heavy atom. The third-order valence-corrected chi connectivity index (χ3v) is 8.50. The summed E-state index contributed by atoms with van der Waals surface area (Å²) in [6.45, 7) is 4.82. The first kappa shape index (κ1) is 23.6. The smallest absolute Gasteiger partial charge is 0.254 e. The summed E-state index contributed by atoms with van der Waals surface area (Å²) in [5, 5.41) is 10.7. The largest absolute Gasteiger partial charge is 0.477 e. The van der Waals surface area contributed by atoms with Gasteiger partial charge < -0.3 is 19.3 Å². The van der Waals surface area contributed by atoms with E-state index in [1.54, 1.807) is 12.1 Å². The molecular formula is C28H32N6O4. The van der Waals surface area contributed by atoms with Crippen LogP contribution in [-0.4, -0.2) is 88.0 Å². The van der Waals surface area contributed by atoms with Crippen molar-refractivity contribution in [3.05, 3.63) is 47.2 Å². The second-order valence-electron chi connectivity index (χ2n) is 11.2. The van der Waals surface area contributed by atoms with Gasteiger partial charge in [0.25, 0.3) is 11.8 Å². The molecule has 1 aliphatic carbocycles. The van der Waals surface area contributed by atoms with Gasteiger partial charge in [0, 0.05) is 80.0 Å². The third kappa shape index (κ3) is 4.62. The van der Waals surface area contributed by atoms with E-state index in [4.69, 9.17) is 14.5 Å². The molecule has 2 amide bonds. The van der Waals surface area contributed by atoms with Gasteiger partial charge in [0.15, 0.2) is 0 Å². The van der Waals surface area contributed by atoms with Crippen LogP contribution in [0.2, 0.25) is 0 Å². The summed E-state index contributed by atoms with van der Waals surface area (Å²) < 4.78 is 11.6. The lowest BCUT2D eigenvalue weighted by molar-refractivity contribution is 0.0490. The fraction of sp³-hybridized carbons (Fsp3) is 0.536. The Kier molecular flexibility index (Phi) is 5.99. The second kappa shape index (κ2) is 9.65. The second-order valence-corrected chi connectivity index (χ2v) is 11.2. The van der Waals surface area contributed by atoms with E-state index in [1.807, 2.05) is 28.0 Å². The lowest BCUT2D eigenvalue weighted by Gasteiger charge is -2.23. The molecule has 4 aliphatic rings. The molecular weight excluding hydrogens is 484 g/mol. The van der Waals surface area contributed by atoms with Gasteiger partial charge in [-0.2, -0.15) is 15.4 Å². The Balaban J connectivity index is 1.01. The third-order valence-electron chi connectivity index (χ3n) is 8.50. The standard InChI is InChI=1S/C28H32N6O4/c35-27(19-3-4-23-25(9-19)31-32-30-23)33-12-21-14-34(15-22(21)13-33)28(36)20-10-24(18-1-2-18)29-26(11-20)38-16-17-5-7-37-8-6-17/h3-4,9-11,17-18,21-22H,1-2,5-8,12-16H2,(H,30,31,32). The maximum atomic E-state index is 13.6. The van der Waals surface area contributed by atoms with Crippen LogP contribution in [-0.2, 0) is 4.74 Å². The van der Waals surface area contributed by atoms with E-state index in [1.165, 1.54) is 0 Å². The number of hydrogen-bond acceptors (Lipinski definition) is 7. The molecule has 2 atom stereocenters. The zero-order chi connectivity index (χ0) is 25.6. The monoisotopic (exact) mass is 516 g/mol. The predicted octanol–water partition coefficient (Wildman–Crippen LogP) is 2.88. The first-order valence-electron chi connectivity index (χ1n) is 13.7. The SMILES string of the molecule is O=C(c1cc(OCC2CCOCC2)nc(C2CC2)c1)N1CC2CN(C(=O)c3ccc4n[nH]nc4c3)CC2C1. The number of H-pyrrole nitrogens is 1. The molecule has 3 aromatic rings. The molecule has 0 bridgehead atoms. The topological polar surface area (TPSA) is 114 Å². The van der Waals surface area contributed by atoms with Gasteiger partial charge in [0.05, 0.1) is 6.61 Å². The predicted molar refractivity (Wildman–Crippen MR) is 138 cm³/mol. The van der Waals surface area contributed by atoms with E-state index in [-0.39, 0.29) is 23.7 Å². The molecule has 3 saturated heterocycles. The molecule has 1 aromatic carbocycles. The number of nitrogens with zero attached hydrogens (tertiary/aromatic N) is 5. The number of benzene rings is 1. The van der Waals surface area contributed by atoms with Crippen LogP contribution in [0, 0.1) is 17.8 Å². The quantitative estimate of drug-likeness (QED) is 0.536. The van der Waals surface area contributed by atoms with E-state index in [0.29, 0.717) is 67.1 Å². The number of aromatic nitrogens is 4. The van der Waals surface area contributed by atoms with Crippen LogP contribution in [0.15, 0.2) is 30.3 Å². The van der Waals surface area contributed by atoms with Crippen molar-refractivity contribution >= 4 is 22.8 Å². The molecule has 3 aliphatic heterocycles. The summed E-state index contributed by atoms with van der Waals surface area (Å²) in [6, 6.07) is 9.19. The van der Waals surface area contributed by atoms with Gasteiger partial charge in [0.2, 0.25) is 5.88 Å². The molecule has 0 spiro atoms. The van der Waals surface area contributed by atoms with Gasteiger partial charge in [-0.3, -0.25) is 9.59 Å². The lowest BCUT2D eigenvalue weighted by Crippen LogP contribution is -2.35. The van der Waals surface area contributed by atoms with Crippen molar-refractivity contribution in [2.75, 3.05) is 46.0 Å².